The highest BCUT2D eigenvalue weighted by atomic mass is 15.2. The van der Waals surface area contributed by atoms with Gasteiger partial charge in [0.15, 0.2) is 0 Å². The molecule has 0 fully saturated rings. The van der Waals surface area contributed by atoms with Crippen LogP contribution >= 0.6 is 0 Å². The van der Waals surface area contributed by atoms with E-state index in [0.29, 0.717) is 0 Å². The molecule has 0 amide bonds. The molecule has 9 aromatic carbocycles. The Morgan fingerprint density at radius 1 is 0.333 bits per heavy atom. The lowest BCUT2D eigenvalue weighted by atomic mass is 9.85. The lowest BCUT2D eigenvalue weighted by Gasteiger charge is -2.33. The minimum absolute atomic E-state index is 0.943. The third-order valence-corrected chi connectivity index (χ3v) is 10.9. The van der Waals surface area contributed by atoms with E-state index in [1.807, 2.05) is 0 Å². The average Bonchev–Trinajstić information content (AvgIpc) is 3.64. The van der Waals surface area contributed by atoms with Crippen LogP contribution in [0.15, 0.2) is 200 Å². The molecule has 0 saturated carbocycles. The molecule has 3 nitrogen and oxygen atoms in total. The molecule has 1 aliphatic heterocycles. The minimum Gasteiger partial charge on any atom is -0.306 e. The number of anilines is 3. The van der Waals surface area contributed by atoms with Gasteiger partial charge in [0, 0.05) is 11.3 Å². The molecule has 0 saturated heterocycles. The predicted octanol–water partition coefficient (Wildman–Crippen LogP) is 13.8. The van der Waals surface area contributed by atoms with Gasteiger partial charge in [0.1, 0.15) is 5.82 Å². The van der Waals surface area contributed by atoms with Crippen LogP contribution in [0.4, 0.5) is 17.1 Å². The number of fused-ring (bicyclic) bond motifs is 4. The normalized spacial score (nSPS) is 12.0. The Balaban J connectivity index is 1.19. The van der Waals surface area contributed by atoms with Crippen molar-refractivity contribution in [2.45, 2.75) is 0 Å². The summed E-state index contributed by atoms with van der Waals surface area (Å²) in [7, 11) is 0. The Morgan fingerprint density at radius 2 is 0.870 bits per heavy atom. The largest absolute Gasteiger partial charge is 0.306 e. The minimum atomic E-state index is 0.943. The molecule has 0 N–H and O–H groups in total. The van der Waals surface area contributed by atoms with Crippen molar-refractivity contribution in [2.75, 3.05) is 4.90 Å². The van der Waals surface area contributed by atoms with Crippen LogP contribution in [0.25, 0.3) is 83.0 Å². The lowest BCUT2D eigenvalue weighted by molar-refractivity contribution is 1.06. The number of rotatable bonds is 5. The van der Waals surface area contributed by atoms with Gasteiger partial charge in [-0.2, -0.15) is 0 Å². The van der Waals surface area contributed by atoms with Crippen molar-refractivity contribution in [1.82, 2.24) is 9.55 Å². The van der Waals surface area contributed by atoms with Crippen molar-refractivity contribution in [3.63, 3.8) is 0 Å². The van der Waals surface area contributed by atoms with E-state index in [1.165, 1.54) is 49.4 Å². The summed E-state index contributed by atoms with van der Waals surface area (Å²) in [4.78, 5) is 7.63. The smallest absolute Gasteiger partial charge is 0.145 e. The first kappa shape index (κ1) is 30.4. The molecular weight excluding hydrogens is 655 g/mol. The van der Waals surface area contributed by atoms with Crippen molar-refractivity contribution in [1.29, 1.82) is 0 Å². The topological polar surface area (TPSA) is 21.1 Å². The zero-order chi connectivity index (χ0) is 35.6. The van der Waals surface area contributed by atoms with Crippen molar-refractivity contribution in [2.24, 2.45) is 0 Å². The number of nitrogens with zero attached hydrogens (tertiary/aromatic N) is 3. The number of hydrogen-bond acceptors (Lipinski definition) is 2. The molecule has 1 aromatic heterocycles. The maximum Gasteiger partial charge on any atom is 0.145 e. The summed E-state index contributed by atoms with van der Waals surface area (Å²) in [6, 6.07) is 72.2. The van der Waals surface area contributed by atoms with Crippen LogP contribution in [0, 0.1) is 0 Å². The predicted molar refractivity (Wildman–Crippen MR) is 226 cm³/mol. The van der Waals surface area contributed by atoms with Gasteiger partial charge < -0.3 is 4.90 Å². The maximum atomic E-state index is 5.23. The van der Waals surface area contributed by atoms with Crippen LogP contribution in [0.5, 0.6) is 0 Å². The highest BCUT2D eigenvalue weighted by Gasteiger charge is 2.30. The standard InChI is InChI=1S/C51H33N3/c1-5-16-34(17-6-1)48-40-24-13-14-25-41(40)49(35-18-7-2-8-19-35)43-32-37(28-30-42(43)48)38-29-31-45-47(33-38)53(39-22-11-4-12-23-39)46-27-15-26-44-50(46)54(45)51(52-44)36-20-9-3-10-21-36/h1-33H. The highest BCUT2D eigenvalue weighted by Crippen LogP contribution is 2.50. The van der Waals surface area contributed by atoms with Gasteiger partial charge >= 0.3 is 0 Å². The molecule has 2 heterocycles. The lowest BCUT2D eigenvalue weighted by Crippen LogP contribution is -2.18. The van der Waals surface area contributed by atoms with Crippen molar-refractivity contribution >= 4 is 49.6 Å². The first-order valence-electron chi connectivity index (χ1n) is 18.5. The van der Waals surface area contributed by atoms with Crippen molar-refractivity contribution in [3.05, 3.63) is 200 Å². The summed E-state index contributed by atoms with van der Waals surface area (Å²) >= 11 is 0. The van der Waals surface area contributed by atoms with Gasteiger partial charge in [0.2, 0.25) is 0 Å². The summed E-state index contributed by atoms with van der Waals surface area (Å²) in [5, 5.41) is 4.99. The van der Waals surface area contributed by atoms with Crippen LogP contribution in [-0.4, -0.2) is 9.55 Å². The molecule has 0 bridgehead atoms. The molecule has 0 unspecified atom stereocenters. The van der Waals surface area contributed by atoms with Gasteiger partial charge in [-0.15, -0.1) is 0 Å². The van der Waals surface area contributed by atoms with Crippen LogP contribution < -0.4 is 4.90 Å². The number of hydrogen-bond donors (Lipinski definition) is 0. The SMILES string of the molecule is c1ccc(-c2c3ccccc3c(-c3ccccc3)c3cc(-c4ccc5c(c4)N(c4ccccc4)c4cccc6nc(-c7ccccc7)n-5c46)ccc23)cc1. The van der Waals surface area contributed by atoms with Crippen molar-refractivity contribution < 1.29 is 0 Å². The van der Waals surface area contributed by atoms with Crippen LogP contribution in [0.3, 0.4) is 0 Å². The Kier molecular flexibility index (Phi) is 6.86. The molecule has 1 aliphatic rings. The van der Waals surface area contributed by atoms with Gasteiger partial charge in [-0.05, 0) is 97.4 Å². The monoisotopic (exact) mass is 687 g/mol. The third-order valence-electron chi connectivity index (χ3n) is 10.9. The summed E-state index contributed by atoms with van der Waals surface area (Å²) < 4.78 is 2.35. The molecule has 252 valence electrons. The maximum absolute atomic E-state index is 5.23. The van der Waals surface area contributed by atoms with E-state index in [9.17, 15) is 0 Å². The number of para-hydroxylation sites is 2. The molecule has 3 heteroatoms. The summed E-state index contributed by atoms with van der Waals surface area (Å²) in [5.74, 6) is 0.943. The molecule has 0 atom stereocenters. The van der Waals surface area contributed by atoms with E-state index in [2.05, 4.69) is 210 Å². The molecule has 10 aromatic rings. The Labute approximate surface area is 313 Å². The average molecular weight is 688 g/mol. The fraction of sp³-hybridized carbons (Fsp3) is 0. The fourth-order valence-electron chi connectivity index (χ4n) is 8.55. The van der Waals surface area contributed by atoms with Gasteiger partial charge in [-0.25, -0.2) is 4.98 Å². The molecule has 0 aliphatic carbocycles. The number of aromatic nitrogens is 2. The summed E-state index contributed by atoms with van der Waals surface area (Å²) in [5.41, 5.74) is 14.9. The highest BCUT2D eigenvalue weighted by molar-refractivity contribution is 6.22. The van der Waals surface area contributed by atoms with Gasteiger partial charge in [0.05, 0.1) is 28.1 Å². The van der Waals surface area contributed by atoms with E-state index in [4.69, 9.17) is 4.98 Å². The van der Waals surface area contributed by atoms with Gasteiger partial charge in [-0.3, -0.25) is 4.57 Å². The first-order valence-corrected chi connectivity index (χ1v) is 18.5. The van der Waals surface area contributed by atoms with E-state index in [-0.39, 0.29) is 0 Å². The Hall–Kier alpha value is -7.23. The summed E-state index contributed by atoms with van der Waals surface area (Å²) in [6.45, 7) is 0. The quantitative estimate of drug-likeness (QED) is 0.168. The number of benzene rings is 9. The fourth-order valence-corrected chi connectivity index (χ4v) is 8.55. The van der Waals surface area contributed by atoms with Crippen LogP contribution in [0.1, 0.15) is 0 Å². The Morgan fingerprint density at radius 3 is 1.54 bits per heavy atom. The second kappa shape index (κ2) is 12.2. The van der Waals surface area contributed by atoms with E-state index < -0.39 is 0 Å². The third kappa shape index (κ3) is 4.65. The number of imidazole rings is 1. The van der Waals surface area contributed by atoms with E-state index in [0.717, 1.165) is 50.7 Å². The van der Waals surface area contributed by atoms with Crippen LogP contribution in [0.2, 0.25) is 0 Å². The molecule has 0 radical (unpaired) electrons. The van der Waals surface area contributed by atoms with Crippen molar-refractivity contribution in [3.8, 4) is 50.5 Å². The van der Waals surface area contributed by atoms with E-state index in [1.54, 1.807) is 0 Å². The molecule has 11 rings (SSSR count). The summed E-state index contributed by atoms with van der Waals surface area (Å²) in [6.07, 6.45) is 0. The van der Waals surface area contributed by atoms with Gasteiger partial charge in [0.25, 0.3) is 0 Å². The second-order valence-corrected chi connectivity index (χ2v) is 13.9. The molecule has 54 heavy (non-hydrogen) atoms. The molecule has 0 spiro atoms. The second-order valence-electron chi connectivity index (χ2n) is 13.9. The zero-order valence-corrected chi connectivity index (χ0v) is 29.4. The van der Waals surface area contributed by atoms with Gasteiger partial charge in [-0.1, -0.05) is 158 Å². The van der Waals surface area contributed by atoms with Crippen LogP contribution in [-0.2, 0) is 0 Å². The molecular formula is C51H33N3. The Bertz CT molecular complexity index is 3020. The van der Waals surface area contributed by atoms with E-state index >= 15 is 0 Å². The first-order chi connectivity index (χ1) is 26.8. The zero-order valence-electron chi connectivity index (χ0n) is 29.4.